The number of rotatable bonds is 5. The minimum Gasteiger partial charge on any atom is -0.344 e. The molecule has 0 spiro atoms. The van der Waals surface area contributed by atoms with E-state index >= 15 is 0 Å². The second kappa shape index (κ2) is 6.78. The Morgan fingerprint density at radius 2 is 2.47 bits per heavy atom. The first-order valence-corrected chi connectivity index (χ1v) is 6.59. The Morgan fingerprint density at radius 1 is 1.67 bits per heavy atom. The Morgan fingerprint density at radius 3 is 3.07 bits per heavy atom. The van der Waals surface area contributed by atoms with Crippen LogP contribution in [0.1, 0.15) is 4.88 Å². The molecule has 1 rings (SSSR count). The Labute approximate surface area is 102 Å². The van der Waals surface area contributed by atoms with Crippen molar-refractivity contribution in [2.24, 2.45) is 0 Å². The average Bonchev–Trinajstić information content (AvgIpc) is 2.61. The molecule has 5 heteroatoms. The summed E-state index contributed by atoms with van der Waals surface area (Å²) in [7, 11) is 0. The van der Waals surface area contributed by atoms with Gasteiger partial charge < -0.3 is 5.32 Å². The first-order chi connectivity index (χ1) is 7.22. The molecule has 2 nitrogen and oxygen atoms in total. The fourth-order valence-electron chi connectivity index (χ4n) is 0.874. The van der Waals surface area contributed by atoms with Crippen molar-refractivity contribution in [3.63, 3.8) is 0 Å². The van der Waals surface area contributed by atoms with Gasteiger partial charge in [0, 0.05) is 10.6 Å². The van der Waals surface area contributed by atoms with E-state index in [0.717, 1.165) is 10.1 Å². The molecule has 0 aliphatic rings. The molecule has 0 atom stereocenters. The summed E-state index contributed by atoms with van der Waals surface area (Å²) < 4.78 is 0.780. The number of carbonyl (C=O) groups is 1. The van der Waals surface area contributed by atoms with Crippen molar-refractivity contribution < 1.29 is 4.79 Å². The predicted octanol–water partition coefficient (Wildman–Crippen LogP) is 2.38. The molecule has 1 heterocycles. The maximum atomic E-state index is 11.1. The van der Waals surface area contributed by atoms with Crippen LogP contribution in [0.25, 0.3) is 0 Å². The second-order valence-corrected chi connectivity index (χ2v) is 5.46. The Bertz CT molecular complexity index is 370. The van der Waals surface area contributed by atoms with E-state index in [1.165, 1.54) is 16.2 Å². The van der Waals surface area contributed by atoms with Crippen LogP contribution in [0.2, 0.25) is 4.34 Å². The van der Waals surface area contributed by atoms with Gasteiger partial charge in [-0.05, 0) is 12.1 Å². The molecule has 1 N–H and O–H groups in total. The standard InChI is InChI=1S/C10H10ClNOS2/c1-2-5-12-10(13)7-14-6-8-3-4-9(11)15-8/h1,3-4H,5-7H2,(H,12,13). The summed E-state index contributed by atoms with van der Waals surface area (Å²) >= 11 is 8.87. The van der Waals surface area contributed by atoms with E-state index < -0.39 is 0 Å². The summed E-state index contributed by atoms with van der Waals surface area (Å²) in [5.74, 6) is 3.56. The zero-order chi connectivity index (χ0) is 11.1. The highest BCUT2D eigenvalue weighted by Crippen LogP contribution is 2.24. The molecule has 80 valence electrons. The third-order valence-electron chi connectivity index (χ3n) is 1.49. The lowest BCUT2D eigenvalue weighted by molar-refractivity contribution is -0.118. The van der Waals surface area contributed by atoms with Gasteiger partial charge in [-0.25, -0.2) is 0 Å². The third kappa shape index (κ3) is 5.12. The SMILES string of the molecule is C#CCNC(=O)CSCc1ccc(Cl)s1. The van der Waals surface area contributed by atoms with Crippen LogP contribution in [0.3, 0.4) is 0 Å². The van der Waals surface area contributed by atoms with Crippen LogP contribution in [0, 0.1) is 12.3 Å². The van der Waals surface area contributed by atoms with Gasteiger partial charge >= 0.3 is 0 Å². The molecule has 0 aliphatic heterocycles. The van der Waals surface area contributed by atoms with E-state index in [-0.39, 0.29) is 5.91 Å². The minimum atomic E-state index is -0.0272. The van der Waals surface area contributed by atoms with Crippen molar-refractivity contribution in [3.05, 3.63) is 21.3 Å². The number of terminal acetylenes is 1. The molecule has 0 aromatic carbocycles. The summed E-state index contributed by atoms with van der Waals surface area (Å²) in [6, 6.07) is 3.83. The van der Waals surface area contributed by atoms with Gasteiger partial charge in [0.2, 0.25) is 5.91 Å². The smallest absolute Gasteiger partial charge is 0.230 e. The van der Waals surface area contributed by atoms with Gasteiger partial charge in [-0.3, -0.25) is 4.79 Å². The molecule has 15 heavy (non-hydrogen) atoms. The summed E-state index contributed by atoms with van der Waals surface area (Å²) in [4.78, 5) is 12.3. The molecule has 0 aliphatic carbocycles. The molecular formula is C10H10ClNOS2. The Balaban J connectivity index is 2.16. The van der Waals surface area contributed by atoms with Crippen molar-refractivity contribution in [3.8, 4) is 12.3 Å². The first-order valence-electron chi connectivity index (χ1n) is 4.24. The highest BCUT2D eigenvalue weighted by atomic mass is 35.5. The Kier molecular flexibility index (Phi) is 5.62. The fraction of sp³-hybridized carbons (Fsp3) is 0.300. The molecule has 0 radical (unpaired) electrons. The highest BCUT2D eigenvalue weighted by molar-refractivity contribution is 7.99. The molecule has 0 bridgehead atoms. The lowest BCUT2D eigenvalue weighted by Crippen LogP contribution is -2.25. The van der Waals surface area contributed by atoms with Crippen LogP contribution >= 0.6 is 34.7 Å². The summed E-state index contributed by atoms with van der Waals surface area (Å²) in [5.41, 5.74) is 0. The number of amides is 1. The summed E-state index contributed by atoms with van der Waals surface area (Å²) in [5, 5.41) is 2.61. The number of hydrogen-bond donors (Lipinski definition) is 1. The van der Waals surface area contributed by atoms with E-state index in [0.29, 0.717) is 12.3 Å². The quantitative estimate of drug-likeness (QED) is 0.823. The van der Waals surface area contributed by atoms with E-state index in [4.69, 9.17) is 18.0 Å². The molecule has 0 saturated heterocycles. The van der Waals surface area contributed by atoms with Crippen molar-refractivity contribution in [1.82, 2.24) is 5.32 Å². The maximum Gasteiger partial charge on any atom is 0.230 e. The second-order valence-electron chi connectivity index (χ2n) is 2.68. The van der Waals surface area contributed by atoms with Crippen molar-refractivity contribution in [2.75, 3.05) is 12.3 Å². The van der Waals surface area contributed by atoms with Crippen molar-refractivity contribution >= 4 is 40.6 Å². The lowest BCUT2D eigenvalue weighted by atomic mass is 10.5. The van der Waals surface area contributed by atoms with Gasteiger partial charge in [0.15, 0.2) is 0 Å². The lowest BCUT2D eigenvalue weighted by Gasteiger charge is -2.00. The van der Waals surface area contributed by atoms with E-state index in [1.807, 2.05) is 12.1 Å². The fourth-order valence-corrected chi connectivity index (χ4v) is 2.93. The highest BCUT2D eigenvalue weighted by Gasteiger charge is 2.02. The zero-order valence-electron chi connectivity index (χ0n) is 7.96. The number of nitrogens with one attached hydrogen (secondary N) is 1. The molecule has 0 fully saturated rings. The van der Waals surface area contributed by atoms with Crippen molar-refractivity contribution in [2.45, 2.75) is 5.75 Å². The van der Waals surface area contributed by atoms with Crippen molar-refractivity contribution in [1.29, 1.82) is 0 Å². The van der Waals surface area contributed by atoms with Gasteiger partial charge in [-0.1, -0.05) is 17.5 Å². The van der Waals surface area contributed by atoms with Gasteiger partial charge in [0.25, 0.3) is 0 Å². The Hall–Kier alpha value is -0.630. The normalized spacial score (nSPS) is 9.60. The molecular weight excluding hydrogens is 250 g/mol. The van der Waals surface area contributed by atoms with Crippen LogP contribution in [0.5, 0.6) is 0 Å². The first kappa shape index (κ1) is 12.4. The maximum absolute atomic E-state index is 11.1. The number of thioether (sulfide) groups is 1. The topological polar surface area (TPSA) is 29.1 Å². The van der Waals surface area contributed by atoms with Crippen LogP contribution in [-0.4, -0.2) is 18.2 Å². The van der Waals surface area contributed by atoms with E-state index in [1.54, 1.807) is 11.8 Å². The molecule has 1 amide bonds. The zero-order valence-corrected chi connectivity index (χ0v) is 10.3. The van der Waals surface area contributed by atoms with Gasteiger partial charge in [-0.15, -0.1) is 29.5 Å². The van der Waals surface area contributed by atoms with Crippen LogP contribution in [0.15, 0.2) is 12.1 Å². The number of carbonyl (C=O) groups excluding carboxylic acids is 1. The summed E-state index contributed by atoms with van der Waals surface area (Å²) in [6.07, 6.45) is 5.01. The predicted molar refractivity (Wildman–Crippen MR) is 67.3 cm³/mol. The molecule has 1 aromatic rings. The van der Waals surface area contributed by atoms with Gasteiger partial charge in [-0.2, -0.15) is 0 Å². The van der Waals surface area contributed by atoms with Gasteiger partial charge in [0.1, 0.15) is 0 Å². The number of thiophene rings is 1. The van der Waals surface area contributed by atoms with Crippen LogP contribution in [-0.2, 0) is 10.5 Å². The van der Waals surface area contributed by atoms with Crippen LogP contribution < -0.4 is 5.32 Å². The molecule has 1 aromatic heterocycles. The number of hydrogen-bond acceptors (Lipinski definition) is 3. The summed E-state index contributed by atoms with van der Waals surface area (Å²) in [6.45, 7) is 0.296. The van der Waals surface area contributed by atoms with Gasteiger partial charge in [0.05, 0.1) is 16.6 Å². The average molecular weight is 260 g/mol. The van der Waals surface area contributed by atoms with E-state index in [2.05, 4.69) is 11.2 Å². The molecule has 0 saturated carbocycles. The minimum absolute atomic E-state index is 0.0272. The number of halogens is 1. The largest absolute Gasteiger partial charge is 0.344 e. The third-order valence-corrected chi connectivity index (χ3v) is 3.89. The monoisotopic (exact) mass is 259 g/mol. The molecule has 0 unspecified atom stereocenters. The van der Waals surface area contributed by atoms with Crippen LogP contribution in [0.4, 0.5) is 0 Å². The van der Waals surface area contributed by atoms with E-state index in [9.17, 15) is 4.79 Å².